The maximum absolute atomic E-state index is 12.5. The molecule has 0 bridgehead atoms. The zero-order valence-electron chi connectivity index (χ0n) is 14.9. The summed E-state index contributed by atoms with van der Waals surface area (Å²) in [4.78, 5) is 51.9. The molecule has 5 amide bonds. The summed E-state index contributed by atoms with van der Waals surface area (Å²) in [7, 11) is 1.61. The molecule has 2 rings (SSSR count). The predicted octanol–water partition coefficient (Wildman–Crippen LogP) is 1.65. The monoisotopic (exact) mass is 345 g/mol. The molecular weight excluding hydrogens is 322 g/mol. The fourth-order valence-electron chi connectivity index (χ4n) is 2.63. The van der Waals surface area contributed by atoms with E-state index in [2.05, 4.69) is 0 Å². The van der Waals surface area contributed by atoms with E-state index >= 15 is 0 Å². The minimum atomic E-state index is -0.945. The van der Waals surface area contributed by atoms with E-state index in [1.54, 1.807) is 7.05 Å². The Bertz CT molecular complexity index is 687. The standard InChI is InChI=1S/C18H23N3O4/c1-12(2)10-20-16(23)17(24)21(18(20)25)11-15(22)19(4)13(3)14-8-6-5-7-9-14/h5-9,12-13H,10-11H2,1-4H3/t13-/m0/s1. The summed E-state index contributed by atoms with van der Waals surface area (Å²) >= 11 is 0. The number of amides is 5. The van der Waals surface area contributed by atoms with Gasteiger partial charge in [0.25, 0.3) is 0 Å². The average molecular weight is 345 g/mol. The minimum Gasteiger partial charge on any atom is -0.337 e. The smallest absolute Gasteiger partial charge is 0.334 e. The molecule has 0 unspecified atom stereocenters. The van der Waals surface area contributed by atoms with Gasteiger partial charge in [0.1, 0.15) is 6.54 Å². The van der Waals surface area contributed by atoms with Crippen LogP contribution in [0.25, 0.3) is 0 Å². The second kappa shape index (κ2) is 7.46. The largest absolute Gasteiger partial charge is 0.337 e. The van der Waals surface area contributed by atoms with Gasteiger partial charge < -0.3 is 4.90 Å². The molecule has 0 saturated carbocycles. The van der Waals surface area contributed by atoms with Crippen molar-refractivity contribution in [3.05, 3.63) is 35.9 Å². The van der Waals surface area contributed by atoms with Gasteiger partial charge in [-0.25, -0.2) is 9.69 Å². The van der Waals surface area contributed by atoms with Crippen LogP contribution in [0, 0.1) is 5.92 Å². The fourth-order valence-corrected chi connectivity index (χ4v) is 2.63. The van der Waals surface area contributed by atoms with Crippen molar-refractivity contribution in [1.82, 2.24) is 14.7 Å². The molecule has 7 heteroatoms. The minimum absolute atomic E-state index is 0.0390. The Labute approximate surface area is 147 Å². The molecule has 1 heterocycles. The SMILES string of the molecule is CC(C)CN1C(=O)C(=O)N(CC(=O)N(C)[C@@H](C)c2ccccc2)C1=O. The maximum Gasteiger partial charge on any atom is 0.334 e. The zero-order valence-corrected chi connectivity index (χ0v) is 14.9. The zero-order chi connectivity index (χ0) is 18.7. The number of hydrogen-bond donors (Lipinski definition) is 0. The summed E-state index contributed by atoms with van der Waals surface area (Å²) in [5.74, 6) is -2.18. The molecule has 1 atom stereocenters. The van der Waals surface area contributed by atoms with Crippen LogP contribution in [-0.4, -0.2) is 58.6 Å². The van der Waals surface area contributed by atoms with E-state index in [-0.39, 0.29) is 18.5 Å². The number of urea groups is 1. The molecule has 7 nitrogen and oxygen atoms in total. The highest BCUT2D eigenvalue weighted by Gasteiger charge is 2.45. The first-order valence-electron chi connectivity index (χ1n) is 8.22. The van der Waals surface area contributed by atoms with Gasteiger partial charge in [0.05, 0.1) is 6.04 Å². The highest BCUT2D eigenvalue weighted by Crippen LogP contribution is 2.20. The topological polar surface area (TPSA) is 78.0 Å². The highest BCUT2D eigenvalue weighted by molar-refractivity contribution is 6.45. The van der Waals surface area contributed by atoms with E-state index in [0.717, 1.165) is 15.4 Å². The third-order valence-corrected chi connectivity index (χ3v) is 4.23. The highest BCUT2D eigenvalue weighted by atomic mass is 16.2. The molecule has 0 N–H and O–H groups in total. The van der Waals surface area contributed by atoms with Crippen LogP contribution < -0.4 is 0 Å². The number of benzene rings is 1. The molecule has 0 aromatic heterocycles. The summed E-state index contributed by atoms with van der Waals surface area (Å²) in [5, 5.41) is 0. The van der Waals surface area contributed by atoms with E-state index in [1.807, 2.05) is 51.1 Å². The Morgan fingerprint density at radius 1 is 1.00 bits per heavy atom. The van der Waals surface area contributed by atoms with Gasteiger partial charge in [0, 0.05) is 13.6 Å². The number of imide groups is 2. The Morgan fingerprint density at radius 3 is 2.12 bits per heavy atom. The second-order valence-corrected chi connectivity index (χ2v) is 6.57. The van der Waals surface area contributed by atoms with Gasteiger partial charge in [0.2, 0.25) is 5.91 Å². The Hall–Kier alpha value is -2.70. The summed E-state index contributed by atoms with van der Waals surface area (Å²) in [6, 6.07) is 8.49. The number of hydrogen-bond acceptors (Lipinski definition) is 4. The van der Waals surface area contributed by atoms with Gasteiger partial charge in [-0.2, -0.15) is 0 Å². The van der Waals surface area contributed by atoms with Gasteiger partial charge in [-0.1, -0.05) is 44.2 Å². The predicted molar refractivity (Wildman–Crippen MR) is 91.3 cm³/mol. The molecule has 1 aromatic carbocycles. The van der Waals surface area contributed by atoms with Crippen molar-refractivity contribution < 1.29 is 19.2 Å². The maximum atomic E-state index is 12.5. The van der Waals surface area contributed by atoms with Crippen molar-refractivity contribution >= 4 is 23.8 Å². The third kappa shape index (κ3) is 3.87. The van der Waals surface area contributed by atoms with E-state index in [9.17, 15) is 19.2 Å². The number of carbonyl (C=O) groups excluding carboxylic acids is 4. The lowest BCUT2D eigenvalue weighted by Gasteiger charge is -2.27. The molecule has 0 radical (unpaired) electrons. The van der Waals surface area contributed by atoms with Crippen LogP contribution in [0.3, 0.4) is 0 Å². The first-order chi connectivity index (χ1) is 11.7. The van der Waals surface area contributed by atoms with Crippen molar-refractivity contribution in [2.24, 2.45) is 5.92 Å². The quantitative estimate of drug-likeness (QED) is 0.580. The van der Waals surface area contributed by atoms with Crippen molar-refractivity contribution in [1.29, 1.82) is 0 Å². The van der Waals surface area contributed by atoms with Gasteiger partial charge in [0.15, 0.2) is 0 Å². The lowest BCUT2D eigenvalue weighted by molar-refractivity contribution is -0.145. The fraction of sp³-hybridized carbons (Fsp3) is 0.444. The van der Waals surface area contributed by atoms with E-state index < -0.39 is 30.3 Å². The molecule has 25 heavy (non-hydrogen) atoms. The number of carbonyl (C=O) groups is 4. The summed E-state index contributed by atoms with van der Waals surface area (Å²) in [6.07, 6.45) is 0. The molecular formula is C18H23N3O4. The van der Waals surface area contributed by atoms with Crippen LogP contribution in [0.15, 0.2) is 30.3 Å². The van der Waals surface area contributed by atoms with Crippen LogP contribution >= 0.6 is 0 Å². The van der Waals surface area contributed by atoms with Crippen molar-refractivity contribution in [3.8, 4) is 0 Å². The second-order valence-electron chi connectivity index (χ2n) is 6.57. The van der Waals surface area contributed by atoms with Crippen molar-refractivity contribution in [3.63, 3.8) is 0 Å². The Balaban J connectivity index is 2.08. The number of nitrogens with zero attached hydrogens (tertiary/aromatic N) is 3. The van der Waals surface area contributed by atoms with Crippen molar-refractivity contribution in [2.75, 3.05) is 20.1 Å². The van der Waals surface area contributed by atoms with Crippen molar-refractivity contribution in [2.45, 2.75) is 26.8 Å². The van der Waals surface area contributed by atoms with Gasteiger partial charge >= 0.3 is 17.8 Å². The number of rotatable bonds is 6. The molecule has 1 aliphatic heterocycles. The first-order valence-corrected chi connectivity index (χ1v) is 8.22. The van der Waals surface area contributed by atoms with Crippen LogP contribution in [0.1, 0.15) is 32.4 Å². The lowest BCUT2D eigenvalue weighted by atomic mass is 10.1. The van der Waals surface area contributed by atoms with Crippen LogP contribution in [0.4, 0.5) is 4.79 Å². The summed E-state index contributed by atoms with van der Waals surface area (Å²) in [6.45, 7) is 5.26. The summed E-state index contributed by atoms with van der Waals surface area (Å²) < 4.78 is 0. The van der Waals surface area contributed by atoms with Gasteiger partial charge in [-0.15, -0.1) is 0 Å². The lowest BCUT2D eigenvalue weighted by Crippen LogP contribution is -2.43. The van der Waals surface area contributed by atoms with Gasteiger partial charge in [-0.3, -0.25) is 19.3 Å². The van der Waals surface area contributed by atoms with Crippen LogP contribution in [-0.2, 0) is 14.4 Å². The van der Waals surface area contributed by atoms with Crippen LogP contribution in [0.5, 0.6) is 0 Å². The van der Waals surface area contributed by atoms with E-state index in [0.29, 0.717) is 0 Å². The van der Waals surface area contributed by atoms with E-state index in [4.69, 9.17) is 0 Å². The Morgan fingerprint density at radius 2 is 1.56 bits per heavy atom. The molecule has 1 aliphatic rings. The molecule has 1 aromatic rings. The Kier molecular flexibility index (Phi) is 5.56. The third-order valence-electron chi connectivity index (χ3n) is 4.23. The van der Waals surface area contributed by atoms with E-state index in [1.165, 1.54) is 4.90 Å². The molecule has 1 fully saturated rings. The molecule has 134 valence electrons. The van der Waals surface area contributed by atoms with Gasteiger partial charge in [-0.05, 0) is 18.4 Å². The molecule has 1 saturated heterocycles. The van der Waals surface area contributed by atoms with Crippen LogP contribution in [0.2, 0.25) is 0 Å². The number of likely N-dealkylation sites (N-methyl/N-ethyl adjacent to an activating group) is 1. The first kappa shape index (κ1) is 18.6. The average Bonchev–Trinajstić information content (AvgIpc) is 2.78. The summed E-state index contributed by atoms with van der Waals surface area (Å²) in [5.41, 5.74) is 0.940. The normalized spacial score (nSPS) is 16.0. The molecule has 0 aliphatic carbocycles. The molecule has 0 spiro atoms.